The van der Waals surface area contributed by atoms with Crippen molar-refractivity contribution < 1.29 is 4.74 Å². The largest absolute Gasteiger partial charge is 0.481 e. The van der Waals surface area contributed by atoms with Crippen LogP contribution in [0.2, 0.25) is 0 Å². The third-order valence-electron chi connectivity index (χ3n) is 2.37. The smallest absolute Gasteiger partial charge is 0.212 e. The molecule has 0 aliphatic heterocycles. The quantitative estimate of drug-likeness (QED) is 0.781. The van der Waals surface area contributed by atoms with Crippen LogP contribution in [0.3, 0.4) is 0 Å². The van der Waals surface area contributed by atoms with E-state index in [1.807, 2.05) is 19.1 Å². The summed E-state index contributed by atoms with van der Waals surface area (Å²) in [5, 5.41) is 17.0. The molecule has 1 unspecified atom stereocenters. The molecular formula is C10H14N6O. The van der Waals surface area contributed by atoms with Crippen molar-refractivity contribution in [1.82, 2.24) is 30.9 Å². The topological polar surface area (TPSA) is 88.6 Å². The fourth-order valence-electron chi connectivity index (χ4n) is 1.35. The van der Waals surface area contributed by atoms with Gasteiger partial charge in [-0.25, -0.2) is 4.98 Å². The molecule has 7 heteroatoms. The van der Waals surface area contributed by atoms with Crippen molar-refractivity contribution >= 4 is 0 Å². The number of aromatic nitrogens is 5. The fourth-order valence-corrected chi connectivity index (χ4v) is 1.35. The summed E-state index contributed by atoms with van der Waals surface area (Å²) < 4.78 is 4.99. The highest BCUT2D eigenvalue weighted by atomic mass is 16.5. The van der Waals surface area contributed by atoms with Crippen molar-refractivity contribution in [3.8, 4) is 5.88 Å². The molecule has 2 aromatic heterocycles. The Balaban J connectivity index is 1.89. The molecule has 0 aliphatic rings. The summed E-state index contributed by atoms with van der Waals surface area (Å²) in [6, 6.07) is 3.83. The number of aromatic amines is 1. The van der Waals surface area contributed by atoms with Gasteiger partial charge < -0.3 is 10.1 Å². The maximum absolute atomic E-state index is 4.99. The maximum Gasteiger partial charge on any atom is 0.212 e. The van der Waals surface area contributed by atoms with Gasteiger partial charge in [0.2, 0.25) is 5.88 Å². The third-order valence-corrected chi connectivity index (χ3v) is 2.37. The third kappa shape index (κ3) is 2.97. The Bertz CT molecular complexity index is 440. The number of H-pyrrole nitrogens is 1. The number of hydrogen-bond acceptors (Lipinski definition) is 6. The Kier molecular flexibility index (Phi) is 3.61. The zero-order chi connectivity index (χ0) is 12.1. The number of pyridine rings is 1. The standard InChI is InChI=1S/C10H14N6O/c1-7(10-13-15-16-14-10)11-5-8-3-4-9(17-2)12-6-8/h3-4,6-7,11H,5H2,1-2H3,(H,13,14,15,16). The molecule has 0 aromatic carbocycles. The molecule has 0 bridgehead atoms. The van der Waals surface area contributed by atoms with Gasteiger partial charge >= 0.3 is 0 Å². The number of ether oxygens (including phenoxy) is 1. The number of tetrazole rings is 1. The first-order valence-electron chi connectivity index (χ1n) is 5.25. The number of rotatable bonds is 5. The lowest BCUT2D eigenvalue weighted by Crippen LogP contribution is -2.19. The summed E-state index contributed by atoms with van der Waals surface area (Å²) in [7, 11) is 1.60. The van der Waals surface area contributed by atoms with E-state index in [-0.39, 0.29) is 6.04 Å². The highest BCUT2D eigenvalue weighted by molar-refractivity contribution is 5.17. The molecule has 2 N–H and O–H groups in total. The molecule has 17 heavy (non-hydrogen) atoms. The zero-order valence-corrected chi connectivity index (χ0v) is 9.71. The van der Waals surface area contributed by atoms with Crippen LogP contribution < -0.4 is 10.1 Å². The van der Waals surface area contributed by atoms with E-state index in [4.69, 9.17) is 4.74 Å². The first-order valence-corrected chi connectivity index (χ1v) is 5.25. The second-order valence-electron chi connectivity index (χ2n) is 3.58. The van der Waals surface area contributed by atoms with Crippen LogP contribution in [0.1, 0.15) is 24.4 Å². The van der Waals surface area contributed by atoms with Gasteiger partial charge in [0.1, 0.15) is 0 Å². The van der Waals surface area contributed by atoms with Crippen LogP contribution in [0.15, 0.2) is 18.3 Å². The van der Waals surface area contributed by atoms with Crippen LogP contribution in [-0.4, -0.2) is 32.7 Å². The van der Waals surface area contributed by atoms with E-state index >= 15 is 0 Å². The molecule has 7 nitrogen and oxygen atoms in total. The average Bonchev–Trinajstić information content (AvgIpc) is 2.90. The molecule has 0 saturated heterocycles. The van der Waals surface area contributed by atoms with E-state index in [0.29, 0.717) is 18.2 Å². The highest BCUT2D eigenvalue weighted by Crippen LogP contribution is 2.09. The summed E-state index contributed by atoms with van der Waals surface area (Å²) in [6.07, 6.45) is 1.77. The summed E-state index contributed by atoms with van der Waals surface area (Å²) in [5.41, 5.74) is 1.07. The molecule has 0 amide bonds. The first-order chi connectivity index (χ1) is 8.29. The van der Waals surface area contributed by atoms with Crippen LogP contribution in [0.5, 0.6) is 5.88 Å². The number of methoxy groups -OCH3 is 1. The predicted octanol–water partition coefficient (Wildman–Crippen LogP) is 0.454. The van der Waals surface area contributed by atoms with Gasteiger partial charge in [0.05, 0.1) is 13.2 Å². The van der Waals surface area contributed by atoms with Crippen LogP contribution in [0.25, 0.3) is 0 Å². The zero-order valence-electron chi connectivity index (χ0n) is 9.71. The maximum atomic E-state index is 4.99. The summed E-state index contributed by atoms with van der Waals surface area (Å²) in [5.74, 6) is 1.26. The molecule has 1 atom stereocenters. The van der Waals surface area contributed by atoms with E-state index < -0.39 is 0 Å². The molecule has 2 rings (SSSR count). The van der Waals surface area contributed by atoms with Gasteiger partial charge in [-0.3, -0.25) is 0 Å². The summed E-state index contributed by atoms with van der Waals surface area (Å²) in [4.78, 5) is 4.13. The molecule has 2 aromatic rings. The Morgan fingerprint density at radius 1 is 1.47 bits per heavy atom. The SMILES string of the molecule is COc1ccc(CNC(C)c2nn[nH]n2)cn1. The fraction of sp³-hybridized carbons (Fsp3) is 0.400. The van der Waals surface area contributed by atoms with E-state index in [9.17, 15) is 0 Å². The number of hydrogen-bond donors (Lipinski definition) is 2. The molecule has 0 fully saturated rings. The summed E-state index contributed by atoms with van der Waals surface area (Å²) >= 11 is 0. The average molecular weight is 234 g/mol. The molecular weight excluding hydrogens is 220 g/mol. The molecule has 0 saturated carbocycles. The van der Waals surface area contributed by atoms with Gasteiger partial charge in [0, 0.05) is 18.8 Å². The van der Waals surface area contributed by atoms with E-state index in [0.717, 1.165) is 5.56 Å². The monoisotopic (exact) mass is 234 g/mol. The highest BCUT2D eigenvalue weighted by Gasteiger charge is 2.09. The second kappa shape index (κ2) is 5.35. The van der Waals surface area contributed by atoms with Gasteiger partial charge in [-0.1, -0.05) is 11.3 Å². The lowest BCUT2D eigenvalue weighted by molar-refractivity contribution is 0.397. The lowest BCUT2D eigenvalue weighted by atomic mass is 10.2. The Morgan fingerprint density at radius 2 is 2.35 bits per heavy atom. The Hall–Kier alpha value is -2.02. The van der Waals surface area contributed by atoms with Crippen molar-refractivity contribution in [3.63, 3.8) is 0 Å². The molecule has 0 spiro atoms. The van der Waals surface area contributed by atoms with Crippen LogP contribution in [-0.2, 0) is 6.54 Å². The van der Waals surface area contributed by atoms with Gasteiger partial charge in [0.25, 0.3) is 0 Å². The van der Waals surface area contributed by atoms with Crippen LogP contribution in [0.4, 0.5) is 0 Å². The molecule has 0 radical (unpaired) electrons. The van der Waals surface area contributed by atoms with Crippen molar-refractivity contribution in [3.05, 3.63) is 29.7 Å². The second-order valence-corrected chi connectivity index (χ2v) is 3.58. The van der Waals surface area contributed by atoms with Gasteiger partial charge in [-0.05, 0) is 12.5 Å². The van der Waals surface area contributed by atoms with Gasteiger partial charge in [-0.15, -0.1) is 10.2 Å². The van der Waals surface area contributed by atoms with Crippen molar-refractivity contribution in [1.29, 1.82) is 0 Å². The van der Waals surface area contributed by atoms with Crippen LogP contribution >= 0.6 is 0 Å². The number of nitrogens with one attached hydrogen (secondary N) is 2. The van der Waals surface area contributed by atoms with Crippen molar-refractivity contribution in [2.24, 2.45) is 0 Å². The van der Waals surface area contributed by atoms with E-state index in [1.165, 1.54) is 0 Å². The first kappa shape index (κ1) is 11.5. The predicted molar refractivity (Wildman–Crippen MR) is 60.2 cm³/mol. The van der Waals surface area contributed by atoms with E-state index in [1.54, 1.807) is 13.3 Å². The lowest BCUT2D eigenvalue weighted by Gasteiger charge is -2.09. The van der Waals surface area contributed by atoms with Crippen molar-refractivity contribution in [2.75, 3.05) is 7.11 Å². The Morgan fingerprint density at radius 3 is 2.94 bits per heavy atom. The molecule has 90 valence electrons. The minimum absolute atomic E-state index is 0.0378. The summed E-state index contributed by atoms with van der Waals surface area (Å²) in [6.45, 7) is 2.66. The van der Waals surface area contributed by atoms with Gasteiger partial charge in [0.15, 0.2) is 5.82 Å². The normalized spacial score (nSPS) is 12.4. The minimum Gasteiger partial charge on any atom is -0.481 e. The Labute approximate surface area is 98.6 Å². The minimum atomic E-state index is 0.0378. The molecule has 0 aliphatic carbocycles. The number of nitrogens with zero attached hydrogens (tertiary/aromatic N) is 4. The van der Waals surface area contributed by atoms with Gasteiger partial charge in [-0.2, -0.15) is 5.21 Å². The molecule has 2 heterocycles. The van der Waals surface area contributed by atoms with E-state index in [2.05, 4.69) is 30.9 Å². The van der Waals surface area contributed by atoms with Crippen LogP contribution in [0, 0.1) is 0 Å². The van der Waals surface area contributed by atoms with Crippen molar-refractivity contribution in [2.45, 2.75) is 19.5 Å².